The number of hydrogen-bond acceptors (Lipinski definition) is 4. The number of amides is 2. The molecule has 1 aromatic rings. The first-order valence-corrected chi connectivity index (χ1v) is 8.49. The van der Waals surface area contributed by atoms with E-state index in [-0.39, 0.29) is 30.8 Å². The van der Waals surface area contributed by atoms with Gasteiger partial charge in [0.1, 0.15) is 23.7 Å². The number of nitrogens with zero attached hydrogens (tertiary/aromatic N) is 1. The Labute approximate surface area is 145 Å². The number of nitrogens with two attached hydrogens (primary N) is 1. The molecule has 6 nitrogen and oxygen atoms in total. The summed E-state index contributed by atoms with van der Waals surface area (Å²) in [6, 6.07) is 5.38. The van der Waals surface area contributed by atoms with Gasteiger partial charge in [-0.15, -0.1) is 0 Å². The SMILES string of the molecule is CCOC(=O)[C@]1(C)[NH2+][C@H](c2ccc(F)cc2)[C@H]2C(=O)N(CC)C(=O)[C@H]21. The lowest BCUT2D eigenvalue weighted by Gasteiger charge is -2.25. The number of carbonyl (C=O) groups excluding carboxylic acids is 3. The molecule has 7 heteroatoms. The van der Waals surface area contributed by atoms with E-state index in [0.29, 0.717) is 5.56 Å². The van der Waals surface area contributed by atoms with Crippen molar-refractivity contribution in [2.24, 2.45) is 11.8 Å². The fourth-order valence-electron chi connectivity index (χ4n) is 4.11. The Hall–Kier alpha value is -2.28. The predicted octanol–water partition coefficient (Wildman–Crippen LogP) is 0.387. The maximum atomic E-state index is 13.3. The molecule has 0 unspecified atom stereocenters. The second-order valence-corrected chi connectivity index (χ2v) is 6.67. The average Bonchev–Trinajstić information content (AvgIpc) is 3.03. The number of quaternary nitrogens is 1. The first-order valence-electron chi connectivity index (χ1n) is 8.49. The minimum absolute atomic E-state index is 0.195. The van der Waals surface area contributed by atoms with E-state index in [9.17, 15) is 18.8 Å². The minimum Gasteiger partial charge on any atom is -0.461 e. The average molecular weight is 349 g/mol. The zero-order valence-electron chi connectivity index (χ0n) is 14.5. The number of hydrogen-bond donors (Lipinski definition) is 1. The van der Waals surface area contributed by atoms with Crippen LogP contribution in [0.2, 0.25) is 0 Å². The van der Waals surface area contributed by atoms with Gasteiger partial charge in [0.15, 0.2) is 0 Å². The first-order chi connectivity index (χ1) is 11.8. The summed E-state index contributed by atoms with van der Waals surface area (Å²) >= 11 is 0. The van der Waals surface area contributed by atoms with E-state index >= 15 is 0 Å². The van der Waals surface area contributed by atoms with Crippen LogP contribution in [0.4, 0.5) is 4.39 Å². The normalized spacial score (nSPS) is 31.4. The molecule has 0 aromatic heterocycles. The number of imide groups is 1. The van der Waals surface area contributed by atoms with E-state index in [1.54, 1.807) is 38.2 Å². The Morgan fingerprint density at radius 1 is 1.24 bits per heavy atom. The van der Waals surface area contributed by atoms with E-state index in [1.807, 2.05) is 0 Å². The van der Waals surface area contributed by atoms with Gasteiger partial charge in [0.25, 0.3) is 0 Å². The summed E-state index contributed by atoms with van der Waals surface area (Å²) in [5.74, 6) is -2.95. The third kappa shape index (κ3) is 2.54. The lowest BCUT2D eigenvalue weighted by Crippen LogP contribution is -2.97. The van der Waals surface area contributed by atoms with Crippen molar-refractivity contribution in [3.8, 4) is 0 Å². The molecule has 0 aliphatic carbocycles. The van der Waals surface area contributed by atoms with Crippen LogP contribution in [0, 0.1) is 17.7 Å². The fraction of sp³-hybridized carbons (Fsp3) is 0.500. The van der Waals surface area contributed by atoms with Gasteiger partial charge in [0, 0.05) is 19.0 Å². The highest BCUT2D eigenvalue weighted by molar-refractivity contribution is 6.08. The Morgan fingerprint density at radius 3 is 2.44 bits per heavy atom. The lowest BCUT2D eigenvalue weighted by molar-refractivity contribution is -0.731. The highest BCUT2D eigenvalue weighted by Crippen LogP contribution is 2.44. The number of fused-ring (bicyclic) bond motifs is 1. The monoisotopic (exact) mass is 349 g/mol. The number of ether oxygens (including phenoxy) is 1. The molecule has 0 bridgehead atoms. The zero-order valence-corrected chi connectivity index (χ0v) is 14.5. The third-order valence-electron chi connectivity index (χ3n) is 5.29. The summed E-state index contributed by atoms with van der Waals surface area (Å²) in [6.45, 7) is 5.54. The van der Waals surface area contributed by atoms with E-state index in [1.165, 1.54) is 17.0 Å². The number of esters is 1. The molecule has 2 amide bonds. The molecule has 2 aliphatic rings. The third-order valence-corrected chi connectivity index (χ3v) is 5.29. The fourth-order valence-corrected chi connectivity index (χ4v) is 4.11. The summed E-state index contributed by atoms with van der Waals surface area (Å²) in [5, 5.41) is 1.73. The van der Waals surface area contributed by atoms with Crippen molar-refractivity contribution < 1.29 is 28.8 Å². The van der Waals surface area contributed by atoms with Gasteiger partial charge in [-0.05, 0) is 26.0 Å². The maximum absolute atomic E-state index is 13.3. The molecule has 2 aliphatic heterocycles. The Balaban J connectivity index is 2.07. The quantitative estimate of drug-likeness (QED) is 0.630. The van der Waals surface area contributed by atoms with Crippen LogP contribution in [0.15, 0.2) is 24.3 Å². The Morgan fingerprint density at radius 2 is 1.88 bits per heavy atom. The van der Waals surface area contributed by atoms with Gasteiger partial charge < -0.3 is 10.1 Å². The molecule has 0 radical (unpaired) electrons. The van der Waals surface area contributed by atoms with Crippen LogP contribution in [0.3, 0.4) is 0 Å². The molecule has 4 atom stereocenters. The van der Waals surface area contributed by atoms with Crippen molar-refractivity contribution >= 4 is 17.8 Å². The summed E-state index contributed by atoms with van der Waals surface area (Å²) in [6.07, 6.45) is 0. The van der Waals surface area contributed by atoms with E-state index in [0.717, 1.165) is 0 Å². The lowest BCUT2D eigenvalue weighted by atomic mass is 9.80. The van der Waals surface area contributed by atoms with Crippen LogP contribution in [0.25, 0.3) is 0 Å². The highest BCUT2D eigenvalue weighted by Gasteiger charge is 2.70. The first kappa shape index (κ1) is 17.5. The summed E-state index contributed by atoms with van der Waals surface area (Å²) < 4.78 is 18.4. The zero-order chi connectivity index (χ0) is 18.4. The Kier molecular flexibility index (Phi) is 4.36. The van der Waals surface area contributed by atoms with Crippen LogP contribution in [-0.2, 0) is 19.1 Å². The molecule has 0 spiro atoms. The molecule has 2 saturated heterocycles. The number of carbonyl (C=O) groups is 3. The molecule has 1 aromatic carbocycles. The van der Waals surface area contributed by atoms with Gasteiger partial charge in [-0.3, -0.25) is 14.5 Å². The minimum atomic E-state index is -1.18. The maximum Gasteiger partial charge on any atom is 0.368 e. The van der Waals surface area contributed by atoms with Gasteiger partial charge in [0.05, 0.1) is 6.61 Å². The summed E-state index contributed by atoms with van der Waals surface area (Å²) in [7, 11) is 0. The van der Waals surface area contributed by atoms with Gasteiger partial charge in [0.2, 0.25) is 17.4 Å². The standard InChI is InChI=1S/C18H21FN2O4/c1-4-21-15(22)12-13(16(21)23)18(3,17(24)25-5-2)20-14(12)10-6-8-11(19)9-7-10/h6-9,12-14,20H,4-5H2,1-3H3/p+1/t12-,13-,14+,18+/m0/s1. The molecular weight excluding hydrogens is 327 g/mol. The molecule has 3 rings (SSSR count). The van der Waals surface area contributed by atoms with Crippen molar-refractivity contribution in [2.45, 2.75) is 32.4 Å². The van der Waals surface area contributed by atoms with Gasteiger partial charge in [-0.25, -0.2) is 9.18 Å². The molecular formula is C18H22FN2O4+. The van der Waals surface area contributed by atoms with Crippen LogP contribution in [0.5, 0.6) is 0 Å². The number of benzene rings is 1. The van der Waals surface area contributed by atoms with Crippen LogP contribution < -0.4 is 5.32 Å². The van der Waals surface area contributed by atoms with Gasteiger partial charge in [-0.2, -0.15) is 0 Å². The predicted molar refractivity (Wildman–Crippen MR) is 85.5 cm³/mol. The second-order valence-electron chi connectivity index (χ2n) is 6.67. The van der Waals surface area contributed by atoms with Gasteiger partial charge >= 0.3 is 5.97 Å². The molecule has 134 valence electrons. The topological polar surface area (TPSA) is 80.3 Å². The number of halogens is 1. The van der Waals surface area contributed by atoms with Crippen molar-refractivity contribution in [2.75, 3.05) is 13.2 Å². The highest BCUT2D eigenvalue weighted by atomic mass is 19.1. The Bertz CT molecular complexity index is 720. The van der Waals surface area contributed by atoms with Crippen molar-refractivity contribution in [1.82, 2.24) is 4.90 Å². The van der Waals surface area contributed by atoms with Crippen LogP contribution in [0.1, 0.15) is 32.4 Å². The number of rotatable bonds is 4. The van der Waals surface area contributed by atoms with E-state index in [2.05, 4.69) is 0 Å². The van der Waals surface area contributed by atoms with Gasteiger partial charge in [-0.1, -0.05) is 12.1 Å². The molecule has 0 saturated carbocycles. The van der Waals surface area contributed by atoms with Crippen LogP contribution >= 0.6 is 0 Å². The smallest absolute Gasteiger partial charge is 0.368 e. The summed E-state index contributed by atoms with van der Waals surface area (Å²) in [5.41, 5.74) is -0.473. The summed E-state index contributed by atoms with van der Waals surface area (Å²) in [4.78, 5) is 39.4. The largest absolute Gasteiger partial charge is 0.461 e. The van der Waals surface area contributed by atoms with Crippen molar-refractivity contribution in [1.29, 1.82) is 0 Å². The molecule has 2 fully saturated rings. The van der Waals surface area contributed by atoms with Crippen molar-refractivity contribution in [3.05, 3.63) is 35.6 Å². The van der Waals surface area contributed by atoms with E-state index < -0.39 is 29.4 Å². The van der Waals surface area contributed by atoms with Crippen molar-refractivity contribution in [3.63, 3.8) is 0 Å². The van der Waals surface area contributed by atoms with E-state index in [4.69, 9.17) is 4.74 Å². The second kappa shape index (κ2) is 6.22. The number of likely N-dealkylation sites (tertiary alicyclic amines) is 1. The molecule has 25 heavy (non-hydrogen) atoms. The molecule has 2 heterocycles. The molecule has 2 N–H and O–H groups in total. The van der Waals surface area contributed by atoms with Crippen LogP contribution in [-0.4, -0.2) is 41.4 Å².